The molecular formula is C18H36N2O. The third-order valence-corrected chi connectivity index (χ3v) is 5.31. The Bertz CT molecular complexity index is 308. The van der Waals surface area contributed by atoms with Gasteiger partial charge >= 0.3 is 0 Å². The van der Waals surface area contributed by atoms with Crippen molar-refractivity contribution in [3.8, 4) is 0 Å². The molecule has 1 N–H and O–H groups in total. The molecule has 4 unspecified atom stereocenters. The van der Waals surface area contributed by atoms with Gasteiger partial charge in [-0.3, -0.25) is 4.90 Å². The van der Waals surface area contributed by atoms with Crippen LogP contribution in [0.4, 0.5) is 0 Å². The Kier molecular flexibility index (Phi) is 6.10. The minimum atomic E-state index is 0.382. The average Bonchev–Trinajstić information content (AvgIpc) is 2.36. The predicted octanol–water partition coefficient (Wildman–Crippen LogP) is 3.29. The van der Waals surface area contributed by atoms with Crippen molar-refractivity contribution in [3.05, 3.63) is 0 Å². The fourth-order valence-corrected chi connectivity index (χ4v) is 4.48. The van der Waals surface area contributed by atoms with E-state index >= 15 is 0 Å². The fraction of sp³-hybridized carbons (Fsp3) is 1.00. The number of rotatable bonds is 5. The Morgan fingerprint density at radius 3 is 2.48 bits per heavy atom. The Morgan fingerprint density at radius 1 is 1.19 bits per heavy atom. The van der Waals surface area contributed by atoms with E-state index in [0.29, 0.717) is 23.7 Å². The third kappa shape index (κ3) is 4.67. The quantitative estimate of drug-likeness (QED) is 0.842. The van der Waals surface area contributed by atoms with Gasteiger partial charge in [0.15, 0.2) is 0 Å². The van der Waals surface area contributed by atoms with Gasteiger partial charge in [-0.25, -0.2) is 0 Å². The normalized spacial score (nSPS) is 37.6. The molecule has 0 aromatic heterocycles. The lowest BCUT2D eigenvalue weighted by atomic mass is 9.67. The summed E-state index contributed by atoms with van der Waals surface area (Å²) in [5, 5.41) is 3.87. The molecule has 1 heterocycles. The van der Waals surface area contributed by atoms with Crippen LogP contribution in [0.15, 0.2) is 0 Å². The summed E-state index contributed by atoms with van der Waals surface area (Å²) in [7, 11) is 0. The van der Waals surface area contributed by atoms with Crippen LogP contribution in [-0.4, -0.2) is 49.3 Å². The molecule has 1 aliphatic carbocycles. The molecule has 2 rings (SSSR count). The summed E-state index contributed by atoms with van der Waals surface area (Å²) in [5.74, 6) is 0.790. The number of morpholine rings is 1. The SMILES string of the molecule is CCCNC1C(CN2CC(C)OC(C)C2)CCCC1(C)C. The van der Waals surface area contributed by atoms with Gasteiger partial charge in [0.25, 0.3) is 0 Å². The number of ether oxygens (including phenoxy) is 1. The molecule has 21 heavy (non-hydrogen) atoms. The van der Waals surface area contributed by atoms with E-state index in [1.807, 2.05) is 0 Å². The summed E-state index contributed by atoms with van der Waals surface area (Å²) in [4.78, 5) is 2.64. The Balaban J connectivity index is 1.98. The molecule has 0 amide bonds. The highest BCUT2D eigenvalue weighted by molar-refractivity contribution is 4.95. The number of hydrogen-bond acceptors (Lipinski definition) is 3. The zero-order valence-electron chi connectivity index (χ0n) is 14.8. The van der Waals surface area contributed by atoms with Gasteiger partial charge in [-0.15, -0.1) is 0 Å². The number of nitrogens with one attached hydrogen (secondary N) is 1. The van der Waals surface area contributed by atoms with Gasteiger partial charge in [-0.05, 0) is 51.0 Å². The van der Waals surface area contributed by atoms with Gasteiger partial charge in [-0.2, -0.15) is 0 Å². The lowest BCUT2D eigenvalue weighted by Gasteiger charge is -2.47. The van der Waals surface area contributed by atoms with Crippen LogP contribution in [0.3, 0.4) is 0 Å². The number of hydrogen-bond donors (Lipinski definition) is 1. The van der Waals surface area contributed by atoms with Crippen LogP contribution in [-0.2, 0) is 4.74 Å². The van der Waals surface area contributed by atoms with E-state index < -0.39 is 0 Å². The van der Waals surface area contributed by atoms with Crippen molar-refractivity contribution in [1.29, 1.82) is 0 Å². The van der Waals surface area contributed by atoms with E-state index in [-0.39, 0.29) is 0 Å². The lowest BCUT2D eigenvalue weighted by Crippen LogP contribution is -2.55. The van der Waals surface area contributed by atoms with Crippen molar-refractivity contribution in [3.63, 3.8) is 0 Å². The molecule has 1 saturated carbocycles. The van der Waals surface area contributed by atoms with Crippen molar-refractivity contribution >= 4 is 0 Å². The van der Waals surface area contributed by atoms with Crippen molar-refractivity contribution in [2.24, 2.45) is 11.3 Å². The molecule has 0 aromatic carbocycles. The first kappa shape index (κ1) is 17.2. The molecule has 4 atom stereocenters. The lowest BCUT2D eigenvalue weighted by molar-refractivity contribution is -0.0762. The number of nitrogens with zero attached hydrogens (tertiary/aromatic N) is 1. The average molecular weight is 296 g/mol. The van der Waals surface area contributed by atoms with E-state index in [1.165, 1.54) is 32.2 Å². The largest absolute Gasteiger partial charge is 0.373 e. The van der Waals surface area contributed by atoms with Crippen molar-refractivity contribution in [2.75, 3.05) is 26.2 Å². The maximum absolute atomic E-state index is 5.88. The smallest absolute Gasteiger partial charge is 0.0678 e. The maximum atomic E-state index is 5.88. The summed E-state index contributed by atoms with van der Waals surface area (Å²) in [5.41, 5.74) is 0.432. The second kappa shape index (κ2) is 7.43. The summed E-state index contributed by atoms with van der Waals surface area (Å²) >= 11 is 0. The Hall–Kier alpha value is -0.120. The second-order valence-electron chi connectivity index (χ2n) is 8.05. The van der Waals surface area contributed by atoms with Crippen LogP contribution in [0, 0.1) is 11.3 Å². The van der Waals surface area contributed by atoms with Crippen molar-refractivity contribution in [1.82, 2.24) is 10.2 Å². The van der Waals surface area contributed by atoms with E-state index in [1.54, 1.807) is 0 Å². The molecule has 2 aliphatic rings. The molecule has 124 valence electrons. The first-order valence-corrected chi connectivity index (χ1v) is 9.03. The Labute approximate surface area is 131 Å². The summed E-state index contributed by atoms with van der Waals surface area (Å²) in [6, 6.07) is 0.666. The van der Waals surface area contributed by atoms with E-state index in [2.05, 4.69) is 44.8 Å². The van der Waals surface area contributed by atoms with E-state index in [0.717, 1.165) is 25.6 Å². The summed E-state index contributed by atoms with van der Waals surface area (Å²) in [6.45, 7) is 16.2. The Morgan fingerprint density at radius 2 is 1.86 bits per heavy atom. The third-order valence-electron chi connectivity index (χ3n) is 5.31. The monoisotopic (exact) mass is 296 g/mol. The van der Waals surface area contributed by atoms with Crippen LogP contribution in [0.25, 0.3) is 0 Å². The fourth-order valence-electron chi connectivity index (χ4n) is 4.48. The maximum Gasteiger partial charge on any atom is 0.0678 e. The van der Waals surface area contributed by atoms with Crippen LogP contribution >= 0.6 is 0 Å². The molecule has 0 radical (unpaired) electrons. The van der Waals surface area contributed by atoms with Crippen LogP contribution in [0.1, 0.15) is 60.3 Å². The van der Waals surface area contributed by atoms with Crippen LogP contribution in [0.2, 0.25) is 0 Å². The molecule has 0 aromatic rings. The van der Waals surface area contributed by atoms with Crippen molar-refractivity contribution in [2.45, 2.75) is 78.6 Å². The summed E-state index contributed by atoms with van der Waals surface area (Å²) < 4.78 is 5.88. The van der Waals surface area contributed by atoms with Gasteiger partial charge in [0.2, 0.25) is 0 Å². The van der Waals surface area contributed by atoms with Gasteiger partial charge < -0.3 is 10.1 Å². The topological polar surface area (TPSA) is 24.5 Å². The second-order valence-corrected chi connectivity index (χ2v) is 8.05. The van der Waals surface area contributed by atoms with Crippen LogP contribution < -0.4 is 5.32 Å². The van der Waals surface area contributed by atoms with Gasteiger partial charge in [0.1, 0.15) is 0 Å². The van der Waals surface area contributed by atoms with Crippen molar-refractivity contribution < 1.29 is 4.74 Å². The van der Waals surface area contributed by atoms with E-state index in [9.17, 15) is 0 Å². The van der Waals surface area contributed by atoms with Gasteiger partial charge in [-0.1, -0.05) is 27.2 Å². The highest BCUT2D eigenvalue weighted by Crippen LogP contribution is 2.39. The first-order valence-electron chi connectivity index (χ1n) is 9.03. The molecule has 0 bridgehead atoms. The zero-order chi connectivity index (χ0) is 15.5. The molecule has 0 spiro atoms. The molecule has 1 aliphatic heterocycles. The molecule has 1 saturated heterocycles. The first-order chi connectivity index (χ1) is 9.92. The standard InChI is InChI=1S/C18H36N2O/c1-6-10-19-17-16(8-7-9-18(17,4)5)13-20-11-14(2)21-15(3)12-20/h14-17,19H,6-13H2,1-5H3. The van der Waals surface area contributed by atoms with Gasteiger partial charge in [0.05, 0.1) is 12.2 Å². The minimum Gasteiger partial charge on any atom is -0.373 e. The predicted molar refractivity (Wildman–Crippen MR) is 89.7 cm³/mol. The highest BCUT2D eigenvalue weighted by Gasteiger charge is 2.39. The summed E-state index contributed by atoms with van der Waals surface area (Å²) in [6.07, 6.45) is 6.12. The highest BCUT2D eigenvalue weighted by atomic mass is 16.5. The molecule has 3 nitrogen and oxygen atoms in total. The van der Waals surface area contributed by atoms with Gasteiger partial charge in [0, 0.05) is 25.7 Å². The minimum absolute atomic E-state index is 0.382. The molecular weight excluding hydrogens is 260 g/mol. The van der Waals surface area contributed by atoms with E-state index in [4.69, 9.17) is 4.74 Å². The van der Waals surface area contributed by atoms with Crippen LogP contribution in [0.5, 0.6) is 0 Å². The molecule has 2 fully saturated rings. The molecule has 3 heteroatoms. The zero-order valence-corrected chi connectivity index (χ0v) is 14.8.